The van der Waals surface area contributed by atoms with Crippen LogP contribution >= 0.6 is 0 Å². The Bertz CT molecular complexity index is 839. The third kappa shape index (κ3) is 2.89. The summed E-state index contributed by atoms with van der Waals surface area (Å²) in [5.41, 5.74) is 3.28. The number of aryl methyl sites for hydroxylation is 2. The normalized spacial score (nSPS) is 10.8. The van der Waals surface area contributed by atoms with Crippen LogP contribution in [0.25, 0.3) is 11.2 Å². The van der Waals surface area contributed by atoms with E-state index in [9.17, 15) is 4.79 Å². The molecule has 0 unspecified atom stereocenters. The van der Waals surface area contributed by atoms with Crippen molar-refractivity contribution in [2.24, 2.45) is 0 Å². The molecule has 3 aromatic rings. The van der Waals surface area contributed by atoms with E-state index in [0.717, 1.165) is 5.69 Å². The summed E-state index contributed by atoms with van der Waals surface area (Å²) in [6.45, 7) is 4.26. The van der Waals surface area contributed by atoms with Crippen LogP contribution < -0.4 is 10.9 Å². The molecule has 2 aromatic heterocycles. The van der Waals surface area contributed by atoms with Crippen LogP contribution in [-0.2, 0) is 6.54 Å². The van der Waals surface area contributed by atoms with E-state index in [1.807, 2.05) is 31.2 Å². The topological polar surface area (TPSA) is 83.6 Å². The maximum absolute atomic E-state index is 11.8. The predicted molar refractivity (Wildman–Crippen MR) is 81.2 cm³/mol. The number of nitrogens with zero attached hydrogens (tertiary/aromatic N) is 3. The van der Waals surface area contributed by atoms with Crippen LogP contribution in [0.15, 0.2) is 35.3 Å². The van der Waals surface area contributed by atoms with Crippen LogP contribution in [0.2, 0.25) is 0 Å². The molecule has 21 heavy (non-hydrogen) atoms. The maximum Gasteiger partial charge on any atom is 0.279 e. The average Bonchev–Trinajstić information content (AvgIpc) is 2.47. The zero-order valence-corrected chi connectivity index (χ0v) is 11.8. The Morgan fingerprint density at radius 1 is 1.14 bits per heavy atom. The Hall–Kier alpha value is -2.76. The van der Waals surface area contributed by atoms with Crippen molar-refractivity contribution in [1.29, 1.82) is 0 Å². The molecule has 0 radical (unpaired) electrons. The first-order valence-electron chi connectivity index (χ1n) is 6.65. The highest BCUT2D eigenvalue weighted by atomic mass is 16.1. The number of H-pyrrole nitrogens is 1. The molecule has 6 nitrogen and oxygen atoms in total. The Morgan fingerprint density at radius 3 is 2.67 bits per heavy atom. The molecule has 3 rings (SSSR count). The molecule has 0 spiro atoms. The van der Waals surface area contributed by atoms with Gasteiger partial charge in [-0.2, -0.15) is 0 Å². The summed E-state index contributed by atoms with van der Waals surface area (Å²) in [6, 6.07) is 8.07. The fraction of sp³-hybridized carbons (Fsp3) is 0.200. The number of aromatic nitrogens is 4. The highest BCUT2D eigenvalue weighted by Crippen LogP contribution is 2.10. The van der Waals surface area contributed by atoms with E-state index < -0.39 is 0 Å². The van der Waals surface area contributed by atoms with Crippen molar-refractivity contribution in [1.82, 2.24) is 19.9 Å². The smallest absolute Gasteiger partial charge is 0.279 e. The molecule has 0 aliphatic rings. The van der Waals surface area contributed by atoms with Crippen LogP contribution in [0.5, 0.6) is 0 Å². The first-order chi connectivity index (χ1) is 10.1. The van der Waals surface area contributed by atoms with Crippen molar-refractivity contribution < 1.29 is 0 Å². The number of fused-ring (bicyclic) bond motifs is 1. The van der Waals surface area contributed by atoms with Crippen LogP contribution in [0, 0.1) is 13.8 Å². The van der Waals surface area contributed by atoms with E-state index in [0.29, 0.717) is 23.7 Å². The number of hydrogen-bond acceptors (Lipinski definition) is 5. The van der Waals surface area contributed by atoms with E-state index in [-0.39, 0.29) is 11.1 Å². The fourth-order valence-electron chi connectivity index (χ4n) is 2.01. The lowest BCUT2D eigenvalue weighted by Crippen LogP contribution is -2.14. The van der Waals surface area contributed by atoms with Gasteiger partial charge < -0.3 is 10.3 Å². The monoisotopic (exact) mass is 281 g/mol. The second kappa shape index (κ2) is 5.32. The van der Waals surface area contributed by atoms with Gasteiger partial charge in [-0.25, -0.2) is 15.0 Å². The summed E-state index contributed by atoms with van der Waals surface area (Å²) in [7, 11) is 0. The summed E-state index contributed by atoms with van der Waals surface area (Å²) in [6.07, 6.45) is 1.63. The fourth-order valence-corrected chi connectivity index (χ4v) is 2.01. The van der Waals surface area contributed by atoms with Gasteiger partial charge in [-0.15, -0.1) is 0 Å². The number of benzene rings is 1. The molecule has 0 saturated heterocycles. The first-order valence-corrected chi connectivity index (χ1v) is 6.65. The van der Waals surface area contributed by atoms with Crippen molar-refractivity contribution >= 4 is 16.9 Å². The summed E-state index contributed by atoms with van der Waals surface area (Å²) < 4.78 is 0. The zero-order chi connectivity index (χ0) is 14.8. The van der Waals surface area contributed by atoms with Crippen LogP contribution in [0.1, 0.15) is 17.1 Å². The van der Waals surface area contributed by atoms with Gasteiger partial charge in [-0.05, 0) is 26.0 Å². The number of hydrogen-bond donors (Lipinski definition) is 2. The minimum Gasteiger partial charge on any atom is -0.379 e. The van der Waals surface area contributed by atoms with Gasteiger partial charge in [0.15, 0.2) is 11.2 Å². The molecule has 0 aliphatic carbocycles. The van der Waals surface area contributed by atoms with Gasteiger partial charge in [-0.1, -0.05) is 17.7 Å². The van der Waals surface area contributed by atoms with Gasteiger partial charge >= 0.3 is 0 Å². The Morgan fingerprint density at radius 2 is 1.90 bits per heavy atom. The van der Waals surface area contributed by atoms with E-state index in [4.69, 9.17) is 0 Å². The second-order valence-electron chi connectivity index (χ2n) is 4.90. The molecule has 1 aromatic carbocycles. The summed E-state index contributed by atoms with van der Waals surface area (Å²) in [4.78, 5) is 27.1. The van der Waals surface area contributed by atoms with E-state index in [1.54, 1.807) is 13.1 Å². The quantitative estimate of drug-likeness (QED) is 0.766. The summed E-state index contributed by atoms with van der Waals surface area (Å²) >= 11 is 0. The number of rotatable bonds is 3. The van der Waals surface area contributed by atoms with Gasteiger partial charge in [0.05, 0.1) is 18.4 Å². The molecule has 2 heterocycles. The summed E-state index contributed by atoms with van der Waals surface area (Å²) in [5.74, 6) is 0.535. The van der Waals surface area contributed by atoms with Crippen molar-refractivity contribution in [3.05, 3.63) is 57.9 Å². The highest BCUT2D eigenvalue weighted by molar-refractivity contribution is 5.67. The minimum atomic E-state index is -0.262. The minimum absolute atomic E-state index is 0.262. The third-order valence-electron chi connectivity index (χ3n) is 3.11. The standard InChI is InChI=1S/C15H15N5O/c1-9-3-5-11(6-4-9)16-7-12-8-17-14-13(20-12)15(21)19-10(2)18-14/h3-6,8,16H,7H2,1-2H3,(H,17,18,19,21). The molecule has 0 amide bonds. The van der Waals surface area contributed by atoms with Crippen molar-refractivity contribution in [3.8, 4) is 0 Å². The van der Waals surface area contributed by atoms with Crippen LogP contribution in [0.3, 0.4) is 0 Å². The van der Waals surface area contributed by atoms with Crippen LogP contribution in [-0.4, -0.2) is 19.9 Å². The van der Waals surface area contributed by atoms with Crippen molar-refractivity contribution in [2.75, 3.05) is 5.32 Å². The number of anilines is 1. The van der Waals surface area contributed by atoms with Crippen molar-refractivity contribution in [2.45, 2.75) is 20.4 Å². The van der Waals surface area contributed by atoms with Crippen molar-refractivity contribution in [3.63, 3.8) is 0 Å². The molecule has 6 heteroatoms. The molecule has 0 bridgehead atoms. The maximum atomic E-state index is 11.8. The SMILES string of the molecule is Cc1ccc(NCc2cnc3nc(C)[nH]c(=O)c3n2)cc1. The lowest BCUT2D eigenvalue weighted by atomic mass is 10.2. The molecular weight excluding hydrogens is 266 g/mol. The van der Waals surface area contributed by atoms with E-state index in [1.165, 1.54) is 5.56 Å². The Kier molecular flexibility index (Phi) is 3.35. The average molecular weight is 281 g/mol. The molecule has 0 saturated carbocycles. The van der Waals surface area contributed by atoms with Gasteiger partial charge in [0.25, 0.3) is 5.56 Å². The Labute approximate surface area is 121 Å². The molecule has 2 N–H and O–H groups in total. The summed E-state index contributed by atoms with van der Waals surface area (Å²) in [5, 5.41) is 3.25. The third-order valence-corrected chi connectivity index (χ3v) is 3.11. The predicted octanol–water partition coefficient (Wildman–Crippen LogP) is 1.94. The van der Waals surface area contributed by atoms with Gasteiger partial charge in [0.2, 0.25) is 0 Å². The lowest BCUT2D eigenvalue weighted by molar-refractivity contribution is 0.987. The number of nitrogens with one attached hydrogen (secondary N) is 2. The molecule has 0 fully saturated rings. The van der Waals surface area contributed by atoms with Gasteiger partial charge in [0, 0.05) is 5.69 Å². The molecule has 106 valence electrons. The first kappa shape index (κ1) is 13.2. The molecular formula is C15H15N5O. The zero-order valence-electron chi connectivity index (χ0n) is 11.8. The van der Waals surface area contributed by atoms with Gasteiger partial charge in [0.1, 0.15) is 5.82 Å². The second-order valence-corrected chi connectivity index (χ2v) is 4.90. The molecule has 0 atom stereocenters. The van der Waals surface area contributed by atoms with Gasteiger partial charge in [-0.3, -0.25) is 4.79 Å². The number of aromatic amines is 1. The van der Waals surface area contributed by atoms with E-state index in [2.05, 4.69) is 25.3 Å². The van der Waals surface area contributed by atoms with E-state index >= 15 is 0 Å². The molecule has 0 aliphatic heterocycles. The Balaban J connectivity index is 1.84. The largest absolute Gasteiger partial charge is 0.379 e. The lowest BCUT2D eigenvalue weighted by Gasteiger charge is -2.06. The van der Waals surface area contributed by atoms with Crippen LogP contribution in [0.4, 0.5) is 5.69 Å². The highest BCUT2D eigenvalue weighted by Gasteiger charge is 2.06.